The third-order valence-electron chi connectivity index (χ3n) is 4.76. The number of aryl methyl sites for hydroxylation is 1. The second-order valence-electron chi connectivity index (χ2n) is 6.61. The lowest BCUT2D eigenvalue weighted by molar-refractivity contribution is -0.119. The van der Waals surface area contributed by atoms with Gasteiger partial charge in [0.25, 0.3) is 5.91 Å². The summed E-state index contributed by atoms with van der Waals surface area (Å²) < 4.78 is 2.33. The molecule has 3 heterocycles. The number of halogens is 1. The van der Waals surface area contributed by atoms with Crippen LogP contribution >= 0.6 is 22.9 Å². The van der Waals surface area contributed by atoms with Crippen LogP contribution in [0.4, 0.5) is 5.69 Å². The van der Waals surface area contributed by atoms with Crippen LogP contribution in [0.25, 0.3) is 4.96 Å². The van der Waals surface area contributed by atoms with E-state index in [0.717, 1.165) is 24.3 Å². The second kappa shape index (κ2) is 7.32. The van der Waals surface area contributed by atoms with E-state index in [9.17, 15) is 9.59 Å². The Kier molecular flexibility index (Phi) is 4.88. The highest BCUT2D eigenvalue weighted by Crippen LogP contribution is 2.25. The van der Waals surface area contributed by atoms with Gasteiger partial charge in [-0.2, -0.15) is 0 Å². The minimum Gasteiger partial charge on any atom is -0.371 e. The molecule has 6 nitrogen and oxygen atoms in total. The van der Waals surface area contributed by atoms with Crippen molar-refractivity contribution in [1.29, 1.82) is 0 Å². The number of thiazole rings is 1. The Labute approximate surface area is 165 Å². The van der Waals surface area contributed by atoms with Crippen LogP contribution < -0.4 is 10.2 Å². The number of carbonyl (C=O) groups is 2. The lowest BCUT2D eigenvalue weighted by Crippen LogP contribution is -2.33. The summed E-state index contributed by atoms with van der Waals surface area (Å²) in [7, 11) is 0. The Bertz CT molecular complexity index is 999. The number of hydrogen-bond donors (Lipinski definition) is 1. The summed E-state index contributed by atoms with van der Waals surface area (Å²) in [5.41, 5.74) is 3.33. The third kappa shape index (κ3) is 3.70. The number of aromatic nitrogens is 2. The normalized spacial score (nSPS) is 14.7. The molecule has 4 rings (SSSR count). The van der Waals surface area contributed by atoms with E-state index in [1.807, 2.05) is 31.2 Å². The summed E-state index contributed by atoms with van der Waals surface area (Å²) in [5.74, 6) is 0.162. The Balaban J connectivity index is 1.41. The summed E-state index contributed by atoms with van der Waals surface area (Å²) in [6, 6.07) is 8.09. The van der Waals surface area contributed by atoms with E-state index >= 15 is 0 Å². The van der Waals surface area contributed by atoms with E-state index in [1.165, 1.54) is 11.3 Å². The fraction of sp³-hybridized carbons (Fsp3) is 0.316. The van der Waals surface area contributed by atoms with Gasteiger partial charge in [-0.1, -0.05) is 35.1 Å². The molecule has 3 aromatic rings. The standard InChI is InChI=1S/C19H19ClN4O2S/c1-12-17(24-11-16(20)27-19(24)22-12)18(26)21-10-13-2-4-14(5-3-13)23-8-6-15(25)7-9-23/h2-5,11H,6-10H2,1H3,(H,21,26). The van der Waals surface area contributed by atoms with Crippen molar-refractivity contribution in [2.45, 2.75) is 26.3 Å². The molecule has 140 valence electrons. The molecule has 0 unspecified atom stereocenters. The van der Waals surface area contributed by atoms with Gasteiger partial charge in [-0.05, 0) is 24.6 Å². The van der Waals surface area contributed by atoms with Gasteiger partial charge in [-0.15, -0.1) is 0 Å². The van der Waals surface area contributed by atoms with Crippen molar-refractivity contribution >= 4 is 45.3 Å². The predicted octanol–water partition coefficient (Wildman–Crippen LogP) is 3.46. The summed E-state index contributed by atoms with van der Waals surface area (Å²) in [4.78, 5) is 31.3. The van der Waals surface area contributed by atoms with E-state index in [4.69, 9.17) is 11.6 Å². The quantitative estimate of drug-likeness (QED) is 0.725. The average molecular weight is 403 g/mol. The Hall–Kier alpha value is -2.38. The Morgan fingerprint density at radius 1 is 1.26 bits per heavy atom. The number of anilines is 1. The number of benzene rings is 1. The first-order valence-electron chi connectivity index (χ1n) is 8.79. The summed E-state index contributed by atoms with van der Waals surface area (Å²) in [6.45, 7) is 3.80. The van der Waals surface area contributed by atoms with E-state index in [-0.39, 0.29) is 5.91 Å². The van der Waals surface area contributed by atoms with Crippen LogP contribution in [-0.4, -0.2) is 34.2 Å². The van der Waals surface area contributed by atoms with E-state index in [2.05, 4.69) is 15.2 Å². The highest BCUT2D eigenvalue weighted by atomic mass is 35.5. The maximum atomic E-state index is 12.6. The van der Waals surface area contributed by atoms with Crippen molar-refractivity contribution in [1.82, 2.24) is 14.7 Å². The number of hydrogen-bond acceptors (Lipinski definition) is 5. The van der Waals surface area contributed by atoms with Gasteiger partial charge in [0.15, 0.2) is 4.96 Å². The van der Waals surface area contributed by atoms with Crippen molar-refractivity contribution in [3.8, 4) is 0 Å². The van der Waals surface area contributed by atoms with Gasteiger partial charge in [0.2, 0.25) is 0 Å². The number of nitrogens with one attached hydrogen (secondary N) is 1. The lowest BCUT2D eigenvalue weighted by Gasteiger charge is -2.28. The first-order chi connectivity index (χ1) is 13.0. The monoisotopic (exact) mass is 402 g/mol. The number of nitrogens with zero attached hydrogens (tertiary/aromatic N) is 3. The number of amides is 1. The molecule has 1 N–H and O–H groups in total. The highest BCUT2D eigenvalue weighted by Gasteiger charge is 2.19. The molecule has 1 saturated heterocycles. The van der Waals surface area contributed by atoms with Gasteiger partial charge in [0, 0.05) is 44.4 Å². The molecule has 0 atom stereocenters. The molecule has 0 radical (unpaired) electrons. The first kappa shape index (κ1) is 18.0. The van der Waals surface area contributed by atoms with Gasteiger partial charge in [-0.3, -0.25) is 14.0 Å². The molecule has 0 saturated carbocycles. The molecule has 27 heavy (non-hydrogen) atoms. The maximum absolute atomic E-state index is 12.6. The number of Topliss-reactive ketones (excluding diaryl/α,β-unsaturated/α-hetero) is 1. The molecule has 2 aromatic heterocycles. The van der Waals surface area contributed by atoms with Crippen molar-refractivity contribution in [2.24, 2.45) is 0 Å². The molecule has 8 heteroatoms. The van der Waals surface area contributed by atoms with Gasteiger partial charge in [0.05, 0.1) is 5.69 Å². The fourth-order valence-electron chi connectivity index (χ4n) is 3.31. The van der Waals surface area contributed by atoms with Crippen LogP contribution in [0.15, 0.2) is 30.5 Å². The number of imidazole rings is 1. The minimum atomic E-state index is -0.173. The topological polar surface area (TPSA) is 66.7 Å². The summed E-state index contributed by atoms with van der Waals surface area (Å²) >= 11 is 7.36. The van der Waals surface area contributed by atoms with E-state index in [0.29, 0.717) is 45.9 Å². The van der Waals surface area contributed by atoms with Crippen molar-refractivity contribution in [2.75, 3.05) is 18.0 Å². The smallest absolute Gasteiger partial charge is 0.270 e. The van der Waals surface area contributed by atoms with Gasteiger partial charge < -0.3 is 10.2 Å². The second-order valence-corrected chi connectivity index (χ2v) is 8.25. The zero-order valence-corrected chi connectivity index (χ0v) is 16.4. The Morgan fingerprint density at radius 3 is 2.67 bits per heavy atom. The number of piperidine rings is 1. The molecule has 1 aliphatic rings. The molecule has 1 fully saturated rings. The highest BCUT2D eigenvalue weighted by molar-refractivity contribution is 7.20. The molecular weight excluding hydrogens is 384 g/mol. The molecule has 1 amide bonds. The lowest BCUT2D eigenvalue weighted by atomic mass is 10.1. The van der Waals surface area contributed by atoms with Crippen LogP contribution in [0.3, 0.4) is 0 Å². The van der Waals surface area contributed by atoms with Crippen LogP contribution in [0, 0.1) is 6.92 Å². The summed E-state index contributed by atoms with van der Waals surface area (Å²) in [5, 5.41) is 2.95. The molecule has 0 bridgehead atoms. The largest absolute Gasteiger partial charge is 0.371 e. The van der Waals surface area contributed by atoms with Crippen molar-refractivity contribution in [3.05, 3.63) is 51.7 Å². The molecule has 1 aromatic carbocycles. The van der Waals surface area contributed by atoms with Crippen LogP contribution in [0.1, 0.15) is 34.6 Å². The Morgan fingerprint density at radius 2 is 1.96 bits per heavy atom. The number of carbonyl (C=O) groups excluding carboxylic acids is 2. The van der Waals surface area contributed by atoms with Gasteiger partial charge >= 0.3 is 0 Å². The first-order valence-corrected chi connectivity index (χ1v) is 9.98. The number of ketones is 1. The predicted molar refractivity (Wildman–Crippen MR) is 107 cm³/mol. The van der Waals surface area contributed by atoms with E-state index in [1.54, 1.807) is 10.6 Å². The van der Waals surface area contributed by atoms with E-state index < -0.39 is 0 Å². The van der Waals surface area contributed by atoms with Crippen LogP contribution in [0.5, 0.6) is 0 Å². The SMILES string of the molecule is Cc1nc2sc(Cl)cn2c1C(=O)NCc1ccc(N2CCC(=O)CC2)cc1. The average Bonchev–Trinajstić information content (AvgIpc) is 3.15. The zero-order chi connectivity index (χ0) is 19.0. The van der Waals surface area contributed by atoms with Crippen molar-refractivity contribution in [3.63, 3.8) is 0 Å². The molecule has 0 aliphatic carbocycles. The maximum Gasteiger partial charge on any atom is 0.270 e. The molecule has 1 aliphatic heterocycles. The van der Waals surface area contributed by atoms with Gasteiger partial charge in [-0.25, -0.2) is 4.98 Å². The van der Waals surface area contributed by atoms with Crippen LogP contribution in [0.2, 0.25) is 4.34 Å². The number of rotatable bonds is 4. The third-order valence-corrected chi connectivity index (χ3v) is 5.86. The van der Waals surface area contributed by atoms with Crippen LogP contribution in [-0.2, 0) is 11.3 Å². The summed E-state index contributed by atoms with van der Waals surface area (Å²) in [6.07, 6.45) is 2.95. The molecule has 0 spiro atoms. The zero-order valence-electron chi connectivity index (χ0n) is 14.9. The number of fused-ring (bicyclic) bond motifs is 1. The fourth-order valence-corrected chi connectivity index (χ4v) is 4.37. The molecular formula is C19H19ClN4O2S. The minimum absolute atomic E-state index is 0.173. The van der Waals surface area contributed by atoms with Crippen molar-refractivity contribution < 1.29 is 9.59 Å². The van der Waals surface area contributed by atoms with Gasteiger partial charge in [0.1, 0.15) is 15.8 Å².